The number of amides is 2. The summed E-state index contributed by atoms with van der Waals surface area (Å²) in [6.45, 7) is 6.67. The Hall–Kier alpha value is -2.15. The van der Waals surface area contributed by atoms with Crippen LogP contribution in [-0.2, 0) is 4.79 Å². The maximum Gasteiger partial charge on any atom is 0.258 e. The first-order valence-corrected chi connectivity index (χ1v) is 9.44. The van der Waals surface area contributed by atoms with Gasteiger partial charge < -0.3 is 14.6 Å². The number of carbonyl (C=O) groups excluding carboxylic acids is 2. The Balaban J connectivity index is 1.59. The number of hydrogen-bond acceptors (Lipinski definition) is 4. The Bertz CT molecular complexity index is 821. The average Bonchev–Trinajstić information content (AvgIpc) is 2.88. The number of halogens is 1. The Kier molecular flexibility index (Phi) is 5.46. The molecule has 0 spiro atoms. The minimum Gasteiger partial charge on any atom is -0.465 e. The predicted molar refractivity (Wildman–Crippen MR) is 102 cm³/mol. The molecule has 3 heterocycles. The number of aromatic nitrogens is 1. The highest BCUT2D eigenvalue weighted by Crippen LogP contribution is 2.30. The lowest BCUT2D eigenvalue weighted by Gasteiger charge is -2.31. The van der Waals surface area contributed by atoms with Gasteiger partial charge in [-0.15, -0.1) is 0 Å². The van der Waals surface area contributed by atoms with Crippen molar-refractivity contribution in [1.82, 2.24) is 9.88 Å². The number of anilines is 1. The smallest absolute Gasteiger partial charge is 0.258 e. The third kappa shape index (κ3) is 3.82. The number of nitrogens with zero attached hydrogens (tertiary/aromatic N) is 2. The highest BCUT2D eigenvalue weighted by molar-refractivity contribution is 9.10. The fourth-order valence-corrected chi connectivity index (χ4v) is 3.70. The van der Waals surface area contributed by atoms with E-state index in [4.69, 9.17) is 4.42 Å². The molecule has 7 heteroatoms. The third-order valence-electron chi connectivity index (χ3n) is 4.72. The highest BCUT2D eigenvalue weighted by Gasteiger charge is 2.30. The molecule has 0 atom stereocenters. The molecule has 1 aliphatic heterocycles. The Morgan fingerprint density at radius 1 is 1.19 bits per heavy atom. The number of pyridine rings is 1. The molecular formula is C19H22BrN3O3. The second kappa shape index (κ2) is 7.61. The highest BCUT2D eigenvalue weighted by atomic mass is 79.9. The number of piperidine rings is 1. The van der Waals surface area contributed by atoms with Gasteiger partial charge in [0.05, 0.1) is 10.0 Å². The first kappa shape index (κ1) is 18.6. The molecule has 6 nitrogen and oxygen atoms in total. The van der Waals surface area contributed by atoms with E-state index in [0.29, 0.717) is 53.3 Å². The predicted octanol–water partition coefficient (Wildman–Crippen LogP) is 3.85. The van der Waals surface area contributed by atoms with E-state index in [1.807, 2.05) is 19.9 Å². The fraction of sp³-hybridized carbons (Fsp3) is 0.421. The molecule has 1 N–H and O–H groups in total. The van der Waals surface area contributed by atoms with Crippen LogP contribution >= 0.6 is 15.9 Å². The van der Waals surface area contributed by atoms with Gasteiger partial charge in [-0.25, -0.2) is 4.98 Å². The summed E-state index contributed by atoms with van der Waals surface area (Å²) < 4.78 is 6.24. The van der Waals surface area contributed by atoms with Gasteiger partial charge in [-0.2, -0.15) is 0 Å². The van der Waals surface area contributed by atoms with E-state index in [0.717, 1.165) is 5.56 Å². The molecule has 26 heavy (non-hydrogen) atoms. The molecule has 0 unspecified atom stereocenters. The van der Waals surface area contributed by atoms with Crippen molar-refractivity contribution in [2.24, 2.45) is 5.92 Å². The van der Waals surface area contributed by atoms with Crippen molar-refractivity contribution in [1.29, 1.82) is 0 Å². The number of furan rings is 1. The molecule has 0 saturated carbocycles. The second-order valence-electron chi connectivity index (χ2n) is 6.68. The van der Waals surface area contributed by atoms with Crippen LogP contribution in [0, 0.1) is 26.7 Å². The zero-order valence-corrected chi connectivity index (χ0v) is 16.7. The lowest BCUT2D eigenvalue weighted by Crippen LogP contribution is -2.41. The molecule has 2 amide bonds. The summed E-state index contributed by atoms with van der Waals surface area (Å²) in [5.41, 5.74) is 1.63. The zero-order chi connectivity index (χ0) is 18.8. The van der Waals surface area contributed by atoms with Crippen LogP contribution in [0.2, 0.25) is 0 Å². The topological polar surface area (TPSA) is 75.4 Å². The Labute approximate surface area is 161 Å². The van der Waals surface area contributed by atoms with Crippen molar-refractivity contribution >= 4 is 33.6 Å². The van der Waals surface area contributed by atoms with Crippen molar-refractivity contribution in [2.75, 3.05) is 18.4 Å². The molecule has 2 aromatic heterocycles. The van der Waals surface area contributed by atoms with Gasteiger partial charge in [-0.1, -0.05) is 6.07 Å². The van der Waals surface area contributed by atoms with Crippen LogP contribution in [0.5, 0.6) is 0 Å². The number of carbonyl (C=O) groups is 2. The number of nitrogens with one attached hydrogen (secondary N) is 1. The molecule has 1 fully saturated rings. The first-order chi connectivity index (χ1) is 12.4. The summed E-state index contributed by atoms with van der Waals surface area (Å²) in [7, 11) is 0. The van der Waals surface area contributed by atoms with Gasteiger partial charge in [0.25, 0.3) is 5.91 Å². The van der Waals surface area contributed by atoms with Gasteiger partial charge in [-0.05, 0) is 61.2 Å². The molecular weight excluding hydrogens is 398 g/mol. The minimum absolute atomic E-state index is 0.0371. The van der Waals surface area contributed by atoms with Crippen LogP contribution in [-0.4, -0.2) is 34.8 Å². The summed E-state index contributed by atoms with van der Waals surface area (Å²) in [5.74, 6) is 1.68. The summed E-state index contributed by atoms with van der Waals surface area (Å²) >= 11 is 3.43. The summed E-state index contributed by atoms with van der Waals surface area (Å²) in [6, 6.07) is 3.71. The van der Waals surface area contributed by atoms with Gasteiger partial charge in [0, 0.05) is 25.2 Å². The van der Waals surface area contributed by atoms with Gasteiger partial charge in [0.1, 0.15) is 17.3 Å². The first-order valence-electron chi connectivity index (χ1n) is 8.65. The molecule has 1 aliphatic rings. The number of aryl methyl sites for hydroxylation is 3. The normalized spacial score (nSPS) is 15.2. The number of hydrogen-bond donors (Lipinski definition) is 1. The molecule has 138 valence electrons. The van der Waals surface area contributed by atoms with Gasteiger partial charge in [-0.3, -0.25) is 9.59 Å². The summed E-state index contributed by atoms with van der Waals surface area (Å²) in [5, 5.41) is 2.86. The SMILES string of the molecule is Cc1ccc(NC(=O)C2CCN(C(=O)c3c(C)oc(C)c3Br)CC2)nc1. The summed E-state index contributed by atoms with van der Waals surface area (Å²) in [6.07, 6.45) is 3.00. The fourth-order valence-electron chi connectivity index (χ4n) is 3.17. The standard InChI is InChI=1S/C19H22BrN3O3/c1-11-4-5-15(21-10-11)22-18(24)14-6-8-23(9-7-14)19(25)16-12(2)26-13(3)17(16)20/h4-5,10,14H,6-9H2,1-3H3,(H,21,22,24). The van der Waals surface area contributed by atoms with Crippen molar-refractivity contribution in [2.45, 2.75) is 33.6 Å². The molecule has 1 saturated heterocycles. The van der Waals surface area contributed by atoms with E-state index in [9.17, 15) is 9.59 Å². The minimum atomic E-state index is -0.113. The third-order valence-corrected chi connectivity index (χ3v) is 5.67. The second-order valence-corrected chi connectivity index (χ2v) is 7.47. The molecule has 0 aromatic carbocycles. The van der Waals surface area contributed by atoms with Crippen LogP contribution in [0.3, 0.4) is 0 Å². The molecule has 3 rings (SSSR count). The van der Waals surface area contributed by atoms with Crippen molar-refractivity contribution < 1.29 is 14.0 Å². The van der Waals surface area contributed by atoms with Crippen LogP contribution < -0.4 is 5.32 Å². The van der Waals surface area contributed by atoms with E-state index in [2.05, 4.69) is 26.2 Å². The van der Waals surface area contributed by atoms with Gasteiger partial charge in [0.15, 0.2) is 0 Å². The monoisotopic (exact) mass is 419 g/mol. The lowest BCUT2D eigenvalue weighted by atomic mass is 9.95. The van der Waals surface area contributed by atoms with Crippen LogP contribution in [0.4, 0.5) is 5.82 Å². The average molecular weight is 420 g/mol. The van der Waals surface area contributed by atoms with E-state index in [1.165, 1.54) is 0 Å². The number of likely N-dealkylation sites (tertiary alicyclic amines) is 1. The van der Waals surface area contributed by atoms with E-state index in [1.54, 1.807) is 24.1 Å². The van der Waals surface area contributed by atoms with Crippen LogP contribution in [0.1, 0.15) is 40.3 Å². The zero-order valence-electron chi connectivity index (χ0n) is 15.1. The Morgan fingerprint density at radius 3 is 2.42 bits per heavy atom. The Morgan fingerprint density at radius 2 is 1.88 bits per heavy atom. The maximum atomic E-state index is 12.8. The maximum absolute atomic E-state index is 12.8. The van der Waals surface area contributed by atoms with E-state index >= 15 is 0 Å². The largest absolute Gasteiger partial charge is 0.465 e. The quantitative estimate of drug-likeness (QED) is 0.819. The molecule has 0 radical (unpaired) electrons. The lowest BCUT2D eigenvalue weighted by molar-refractivity contribution is -0.121. The van der Waals surface area contributed by atoms with E-state index in [-0.39, 0.29) is 17.7 Å². The van der Waals surface area contributed by atoms with Crippen molar-refractivity contribution in [3.63, 3.8) is 0 Å². The van der Waals surface area contributed by atoms with Crippen molar-refractivity contribution in [3.05, 3.63) is 45.4 Å². The number of rotatable bonds is 3. The summed E-state index contributed by atoms with van der Waals surface area (Å²) in [4.78, 5) is 31.2. The van der Waals surface area contributed by atoms with Gasteiger partial charge >= 0.3 is 0 Å². The molecule has 2 aromatic rings. The van der Waals surface area contributed by atoms with Crippen molar-refractivity contribution in [3.8, 4) is 0 Å². The van der Waals surface area contributed by atoms with Gasteiger partial charge in [0.2, 0.25) is 5.91 Å². The molecule has 0 aliphatic carbocycles. The van der Waals surface area contributed by atoms with Crippen LogP contribution in [0.25, 0.3) is 0 Å². The van der Waals surface area contributed by atoms with Crippen LogP contribution in [0.15, 0.2) is 27.2 Å². The van der Waals surface area contributed by atoms with E-state index < -0.39 is 0 Å². The molecule has 0 bridgehead atoms.